The Kier molecular flexibility index (Phi) is 5.58. The summed E-state index contributed by atoms with van der Waals surface area (Å²) in [5, 5.41) is 0. The Hall–Kier alpha value is -1.62. The Bertz CT molecular complexity index is 409. The van der Waals surface area contributed by atoms with E-state index in [0.717, 1.165) is 12.8 Å². The molecule has 0 aliphatic rings. The van der Waals surface area contributed by atoms with E-state index < -0.39 is 5.82 Å². The van der Waals surface area contributed by atoms with Gasteiger partial charge in [-0.05, 0) is 25.5 Å². The molecule has 3 N–H and O–H groups in total. The van der Waals surface area contributed by atoms with Crippen molar-refractivity contribution in [2.75, 3.05) is 18.5 Å². The van der Waals surface area contributed by atoms with Gasteiger partial charge in [-0.15, -0.1) is 0 Å². The van der Waals surface area contributed by atoms with Crippen LogP contribution >= 0.6 is 0 Å². The number of hydrogen-bond donors (Lipinski definition) is 2. The first kappa shape index (κ1) is 14.4. The molecular formula is C13H20FN3O. The molecule has 0 bridgehead atoms. The van der Waals surface area contributed by atoms with E-state index in [-0.39, 0.29) is 17.2 Å². The monoisotopic (exact) mass is 253 g/mol. The highest BCUT2D eigenvalue weighted by molar-refractivity contribution is 5.99. The summed E-state index contributed by atoms with van der Waals surface area (Å²) in [7, 11) is 0. The third-order valence-corrected chi connectivity index (χ3v) is 2.84. The molecule has 0 atom stereocenters. The van der Waals surface area contributed by atoms with Crippen molar-refractivity contribution >= 4 is 11.6 Å². The first-order chi connectivity index (χ1) is 8.65. The molecule has 4 nitrogen and oxygen atoms in total. The van der Waals surface area contributed by atoms with E-state index in [0.29, 0.717) is 13.1 Å². The quantitative estimate of drug-likeness (QED) is 0.604. The number of halogens is 1. The van der Waals surface area contributed by atoms with Crippen LogP contribution in [0.3, 0.4) is 0 Å². The molecular weight excluding hydrogens is 233 g/mol. The first-order valence-electron chi connectivity index (χ1n) is 6.20. The average molecular weight is 253 g/mol. The Balaban J connectivity index is 2.97. The SMILES string of the molecule is CCCCN(CC)C(=O)c1cccc(F)c1NN. The number of amides is 1. The van der Waals surface area contributed by atoms with Crippen molar-refractivity contribution in [3.63, 3.8) is 0 Å². The summed E-state index contributed by atoms with van der Waals surface area (Å²) >= 11 is 0. The number of nitrogens with two attached hydrogens (primary N) is 1. The van der Waals surface area contributed by atoms with E-state index in [9.17, 15) is 9.18 Å². The minimum atomic E-state index is -0.519. The van der Waals surface area contributed by atoms with Crippen LogP contribution in [0.25, 0.3) is 0 Å². The lowest BCUT2D eigenvalue weighted by Gasteiger charge is -2.22. The highest BCUT2D eigenvalue weighted by atomic mass is 19.1. The van der Waals surface area contributed by atoms with Gasteiger partial charge < -0.3 is 10.3 Å². The van der Waals surface area contributed by atoms with E-state index in [1.54, 1.807) is 11.0 Å². The number of nitrogens with zero attached hydrogens (tertiary/aromatic N) is 1. The van der Waals surface area contributed by atoms with Crippen LogP contribution in [0.15, 0.2) is 18.2 Å². The number of anilines is 1. The largest absolute Gasteiger partial charge is 0.339 e. The number of para-hydroxylation sites is 1. The average Bonchev–Trinajstić information content (AvgIpc) is 2.39. The molecule has 18 heavy (non-hydrogen) atoms. The van der Waals surface area contributed by atoms with Gasteiger partial charge in [0.05, 0.1) is 11.3 Å². The van der Waals surface area contributed by atoms with Gasteiger partial charge in [-0.3, -0.25) is 10.6 Å². The maximum absolute atomic E-state index is 13.5. The molecule has 1 rings (SSSR count). The van der Waals surface area contributed by atoms with Gasteiger partial charge >= 0.3 is 0 Å². The zero-order valence-electron chi connectivity index (χ0n) is 10.9. The number of rotatable bonds is 6. The number of nitrogens with one attached hydrogen (secondary N) is 1. The van der Waals surface area contributed by atoms with Gasteiger partial charge in [0, 0.05) is 13.1 Å². The fraction of sp³-hybridized carbons (Fsp3) is 0.462. The first-order valence-corrected chi connectivity index (χ1v) is 6.20. The molecule has 1 amide bonds. The molecule has 0 saturated carbocycles. The second-order valence-electron chi connectivity index (χ2n) is 4.05. The molecule has 100 valence electrons. The third-order valence-electron chi connectivity index (χ3n) is 2.84. The van der Waals surface area contributed by atoms with Gasteiger partial charge in [0.15, 0.2) is 0 Å². The number of nitrogen functional groups attached to an aromatic ring is 1. The number of hydrogen-bond acceptors (Lipinski definition) is 3. The Morgan fingerprint density at radius 3 is 2.72 bits per heavy atom. The zero-order chi connectivity index (χ0) is 13.5. The summed E-state index contributed by atoms with van der Waals surface area (Å²) in [6.07, 6.45) is 1.94. The second-order valence-corrected chi connectivity index (χ2v) is 4.05. The van der Waals surface area contributed by atoms with Crippen molar-refractivity contribution in [3.05, 3.63) is 29.6 Å². The predicted molar refractivity (Wildman–Crippen MR) is 70.7 cm³/mol. The Morgan fingerprint density at radius 1 is 1.44 bits per heavy atom. The predicted octanol–water partition coefficient (Wildman–Crippen LogP) is 2.37. The van der Waals surface area contributed by atoms with Gasteiger partial charge in [-0.25, -0.2) is 4.39 Å². The van der Waals surface area contributed by atoms with Crippen molar-refractivity contribution in [1.29, 1.82) is 0 Å². The van der Waals surface area contributed by atoms with Crippen LogP contribution in [0.4, 0.5) is 10.1 Å². The lowest BCUT2D eigenvalue weighted by molar-refractivity contribution is 0.0763. The van der Waals surface area contributed by atoms with E-state index in [4.69, 9.17) is 5.84 Å². The van der Waals surface area contributed by atoms with Crippen molar-refractivity contribution < 1.29 is 9.18 Å². The highest BCUT2D eigenvalue weighted by Gasteiger charge is 2.19. The summed E-state index contributed by atoms with van der Waals surface area (Å²) in [6, 6.07) is 4.36. The van der Waals surface area contributed by atoms with Gasteiger partial charge in [0.25, 0.3) is 5.91 Å². The topological polar surface area (TPSA) is 58.4 Å². The van der Waals surface area contributed by atoms with Crippen molar-refractivity contribution in [2.24, 2.45) is 5.84 Å². The van der Waals surface area contributed by atoms with E-state index in [2.05, 4.69) is 12.3 Å². The maximum atomic E-state index is 13.5. The Morgan fingerprint density at radius 2 is 2.17 bits per heavy atom. The Labute approximate surface area is 107 Å². The van der Waals surface area contributed by atoms with E-state index >= 15 is 0 Å². The van der Waals surface area contributed by atoms with Crippen molar-refractivity contribution in [3.8, 4) is 0 Å². The molecule has 1 aromatic rings. The van der Waals surface area contributed by atoms with Crippen LogP contribution in [-0.2, 0) is 0 Å². The van der Waals surface area contributed by atoms with Crippen LogP contribution in [-0.4, -0.2) is 23.9 Å². The van der Waals surface area contributed by atoms with Gasteiger partial charge in [0.2, 0.25) is 0 Å². The minimum absolute atomic E-state index is 0.0532. The molecule has 0 saturated heterocycles. The maximum Gasteiger partial charge on any atom is 0.256 e. The normalized spacial score (nSPS) is 10.2. The zero-order valence-corrected chi connectivity index (χ0v) is 10.9. The minimum Gasteiger partial charge on any atom is -0.339 e. The molecule has 5 heteroatoms. The number of carbonyl (C=O) groups is 1. The highest BCUT2D eigenvalue weighted by Crippen LogP contribution is 2.20. The smallest absolute Gasteiger partial charge is 0.256 e. The molecule has 0 spiro atoms. The second kappa shape index (κ2) is 6.96. The third kappa shape index (κ3) is 3.20. The van der Waals surface area contributed by atoms with E-state index in [1.807, 2.05) is 6.92 Å². The summed E-state index contributed by atoms with van der Waals surface area (Å²) in [6.45, 7) is 5.24. The molecule has 1 aromatic carbocycles. The number of unbranched alkanes of at least 4 members (excludes halogenated alkanes) is 1. The molecule has 0 aromatic heterocycles. The molecule has 0 heterocycles. The van der Waals surface area contributed by atoms with Gasteiger partial charge in [-0.2, -0.15) is 0 Å². The number of hydrazine groups is 1. The van der Waals surface area contributed by atoms with Crippen molar-refractivity contribution in [1.82, 2.24) is 4.90 Å². The van der Waals surface area contributed by atoms with Crippen LogP contribution in [0, 0.1) is 5.82 Å². The molecule has 0 unspecified atom stereocenters. The van der Waals surface area contributed by atoms with Crippen LogP contribution in [0.2, 0.25) is 0 Å². The van der Waals surface area contributed by atoms with Gasteiger partial charge in [0.1, 0.15) is 5.82 Å². The van der Waals surface area contributed by atoms with E-state index in [1.165, 1.54) is 12.1 Å². The lowest BCUT2D eigenvalue weighted by Crippen LogP contribution is -2.32. The summed E-state index contributed by atoms with van der Waals surface area (Å²) < 4.78 is 13.5. The fourth-order valence-corrected chi connectivity index (χ4v) is 1.77. The molecule has 0 aliphatic carbocycles. The summed E-state index contributed by atoms with van der Waals surface area (Å²) in [5.74, 6) is 4.56. The summed E-state index contributed by atoms with van der Waals surface area (Å²) in [5.41, 5.74) is 2.58. The number of carbonyl (C=O) groups excluding carboxylic acids is 1. The summed E-state index contributed by atoms with van der Waals surface area (Å²) in [4.78, 5) is 14.0. The standard InChI is InChI=1S/C13H20FN3O/c1-3-5-9-17(4-2)13(18)10-7-6-8-11(14)12(10)16-15/h6-8,16H,3-5,9,15H2,1-2H3. The van der Waals surface area contributed by atoms with Crippen LogP contribution in [0.5, 0.6) is 0 Å². The lowest BCUT2D eigenvalue weighted by atomic mass is 10.1. The van der Waals surface area contributed by atoms with Crippen molar-refractivity contribution in [2.45, 2.75) is 26.7 Å². The molecule has 0 aliphatic heterocycles. The number of benzene rings is 1. The van der Waals surface area contributed by atoms with Gasteiger partial charge in [-0.1, -0.05) is 19.4 Å². The fourth-order valence-electron chi connectivity index (χ4n) is 1.77. The molecule has 0 radical (unpaired) electrons. The molecule has 0 fully saturated rings. The van der Waals surface area contributed by atoms with Crippen LogP contribution < -0.4 is 11.3 Å². The van der Waals surface area contributed by atoms with Crippen LogP contribution in [0.1, 0.15) is 37.0 Å².